The van der Waals surface area contributed by atoms with Gasteiger partial charge in [0.05, 0.1) is 11.4 Å². The van der Waals surface area contributed by atoms with Crippen LogP contribution in [0.15, 0.2) is 48.7 Å². The molecule has 1 aromatic heterocycles. The number of benzene rings is 2. The zero-order valence-electron chi connectivity index (χ0n) is 13.2. The number of H-pyrrole nitrogens is 1. The average molecular weight is 338 g/mol. The predicted octanol–water partition coefficient (Wildman–Crippen LogP) is 3.02. The zero-order valence-corrected chi connectivity index (χ0v) is 13.2. The van der Waals surface area contributed by atoms with Crippen LogP contribution in [-0.2, 0) is 16.2 Å². The van der Waals surface area contributed by atoms with E-state index in [2.05, 4.69) is 10.3 Å². The molecule has 1 saturated heterocycles. The summed E-state index contributed by atoms with van der Waals surface area (Å²) in [5.41, 5.74) is 2.12. The number of hydrogen-bond acceptors (Lipinski definition) is 3. The highest BCUT2D eigenvalue weighted by molar-refractivity contribution is 6.08. The Kier molecular flexibility index (Phi) is 3.72. The van der Waals surface area contributed by atoms with E-state index in [1.165, 1.54) is 12.1 Å². The molecule has 6 heteroatoms. The van der Waals surface area contributed by atoms with Crippen LogP contribution in [0.4, 0.5) is 4.39 Å². The van der Waals surface area contributed by atoms with Crippen molar-refractivity contribution in [3.8, 4) is 5.75 Å². The van der Waals surface area contributed by atoms with Crippen molar-refractivity contribution in [3.05, 3.63) is 65.6 Å². The van der Waals surface area contributed by atoms with Gasteiger partial charge in [0.15, 0.2) is 0 Å². The van der Waals surface area contributed by atoms with Gasteiger partial charge in [0.1, 0.15) is 18.2 Å². The lowest BCUT2D eigenvalue weighted by Gasteiger charge is -2.11. The Balaban J connectivity index is 1.74. The number of fused-ring (bicyclic) bond motifs is 1. The monoisotopic (exact) mass is 338 g/mol. The minimum atomic E-state index is -0.592. The standard InChI is InChI=1S/C19H15FN2O3/c20-12-6-15-18(14(9-21-15)13-8-17(23)22-19(13)24)16(7-12)25-10-11-4-2-1-3-5-11/h1-7,9,13,21H,8,10H2,(H,22,23,24). The minimum Gasteiger partial charge on any atom is -0.488 e. The molecule has 1 aliphatic rings. The normalized spacial score (nSPS) is 17.1. The molecule has 2 amide bonds. The Morgan fingerprint density at radius 3 is 2.68 bits per heavy atom. The number of ether oxygens (including phenoxy) is 1. The minimum absolute atomic E-state index is 0.0846. The van der Waals surface area contributed by atoms with Crippen molar-refractivity contribution < 1.29 is 18.7 Å². The Labute approximate surface area is 142 Å². The van der Waals surface area contributed by atoms with Crippen molar-refractivity contribution in [1.82, 2.24) is 10.3 Å². The van der Waals surface area contributed by atoms with Crippen LogP contribution in [-0.4, -0.2) is 16.8 Å². The lowest BCUT2D eigenvalue weighted by molar-refractivity contribution is -0.125. The summed E-state index contributed by atoms with van der Waals surface area (Å²) in [7, 11) is 0. The first kappa shape index (κ1) is 15.4. The molecule has 0 spiro atoms. The molecule has 5 nitrogen and oxygen atoms in total. The summed E-state index contributed by atoms with van der Waals surface area (Å²) in [6.45, 7) is 0.278. The van der Waals surface area contributed by atoms with E-state index in [9.17, 15) is 14.0 Å². The Hall–Kier alpha value is -3.15. The first-order valence-corrected chi connectivity index (χ1v) is 7.93. The molecule has 0 saturated carbocycles. The summed E-state index contributed by atoms with van der Waals surface area (Å²) in [5.74, 6) is -1.33. The number of imide groups is 1. The quantitative estimate of drug-likeness (QED) is 0.719. The van der Waals surface area contributed by atoms with E-state index in [-0.39, 0.29) is 24.8 Å². The third-order valence-corrected chi connectivity index (χ3v) is 4.32. The van der Waals surface area contributed by atoms with E-state index in [1.807, 2.05) is 30.3 Å². The largest absolute Gasteiger partial charge is 0.488 e. The molecule has 1 fully saturated rings. The molecule has 3 aromatic rings. The average Bonchev–Trinajstić information content (AvgIpc) is 3.16. The van der Waals surface area contributed by atoms with Gasteiger partial charge in [-0.3, -0.25) is 14.9 Å². The fourth-order valence-electron chi connectivity index (χ4n) is 3.15. The second kappa shape index (κ2) is 6.05. The lowest BCUT2D eigenvalue weighted by Crippen LogP contribution is -2.21. The van der Waals surface area contributed by atoms with Gasteiger partial charge in [0, 0.05) is 24.1 Å². The maximum atomic E-state index is 13.9. The molecule has 1 aliphatic heterocycles. The molecular weight excluding hydrogens is 323 g/mol. The van der Waals surface area contributed by atoms with Crippen LogP contribution >= 0.6 is 0 Å². The van der Waals surface area contributed by atoms with Gasteiger partial charge in [0.25, 0.3) is 0 Å². The summed E-state index contributed by atoms with van der Waals surface area (Å²) in [4.78, 5) is 26.5. The molecule has 1 atom stereocenters. The van der Waals surface area contributed by atoms with Crippen molar-refractivity contribution >= 4 is 22.7 Å². The van der Waals surface area contributed by atoms with E-state index >= 15 is 0 Å². The molecule has 25 heavy (non-hydrogen) atoms. The summed E-state index contributed by atoms with van der Waals surface area (Å²) >= 11 is 0. The zero-order chi connectivity index (χ0) is 17.4. The van der Waals surface area contributed by atoms with Crippen LogP contribution in [0.5, 0.6) is 5.75 Å². The van der Waals surface area contributed by atoms with Gasteiger partial charge in [-0.05, 0) is 17.2 Å². The van der Waals surface area contributed by atoms with Gasteiger partial charge in [-0.2, -0.15) is 0 Å². The maximum absolute atomic E-state index is 13.9. The maximum Gasteiger partial charge on any atom is 0.234 e. The van der Waals surface area contributed by atoms with Gasteiger partial charge in [-0.25, -0.2) is 4.39 Å². The van der Waals surface area contributed by atoms with Crippen LogP contribution in [0, 0.1) is 5.82 Å². The van der Waals surface area contributed by atoms with Crippen molar-refractivity contribution in [2.24, 2.45) is 0 Å². The molecule has 2 aromatic carbocycles. The molecular formula is C19H15FN2O3. The third-order valence-electron chi connectivity index (χ3n) is 4.32. The predicted molar refractivity (Wildman–Crippen MR) is 89.5 cm³/mol. The first-order valence-electron chi connectivity index (χ1n) is 7.93. The number of halogens is 1. The highest BCUT2D eigenvalue weighted by atomic mass is 19.1. The number of amides is 2. The Morgan fingerprint density at radius 1 is 1.16 bits per heavy atom. The Morgan fingerprint density at radius 2 is 1.96 bits per heavy atom. The molecule has 0 bridgehead atoms. The third kappa shape index (κ3) is 2.87. The summed E-state index contributed by atoms with van der Waals surface area (Å²) in [6, 6.07) is 12.2. The van der Waals surface area contributed by atoms with Crippen molar-refractivity contribution in [2.75, 3.05) is 0 Å². The second-order valence-corrected chi connectivity index (χ2v) is 6.01. The van der Waals surface area contributed by atoms with E-state index in [0.717, 1.165) is 5.56 Å². The van der Waals surface area contributed by atoms with Crippen LogP contribution in [0.2, 0.25) is 0 Å². The van der Waals surface area contributed by atoms with E-state index < -0.39 is 11.7 Å². The van der Waals surface area contributed by atoms with Gasteiger partial charge in [-0.1, -0.05) is 30.3 Å². The summed E-state index contributed by atoms with van der Waals surface area (Å²) in [6.07, 6.45) is 1.73. The van der Waals surface area contributed by atoms with Gasteiger partial charge in [-0.15, -0.1) is 0 Å². The number of carbonyl (C=O) groups is 2. The van der Waals surface area contributed by atoms with Crippen LogP contribution in [0.25, 0.3) is 10.9 Å². The molecule has 2 heterocycles. The van der Waals surface area contributed by atoms with Gasteiger partial charge >= 0.3 is 0 Å². The number of rotatable bonds is 4. The topological polar surface area (TPSA) is 71.2 Å². The molecule has 0 radical (unpaired) electrons. The highest BCUT2D eigenvalue weighted by Gasteiger charge is 2.34. The highest BCUT2D eigenvalue weighted by Crippen LogP contribution is 2.37. The fourth-order valence-corrected chi connectivity index (χ4v) is 3.15. The number of carbonyl (C=O) groups excluding carboxylic acids is 2. The smallest absolute Gasteiger partial charge is 0.234 e. The van der Waals surface area contributed by atoms with E-state index in [1.54, 1.807) is 6.20 Å². The lowest BCUT2D eigenvalue weighted by atomic mass is 9.96. The van der Waals surface area contributed by atoms with Crippen LogP contribution in [0.1, 0.15) is 23.5 Å². The summed E-state index contributed by atoms with van der Waals surface area (Å²) < 4.78 is 19.7. The van der Waals surface area contributed by atoms with Crippen LogP contribution < -0.4 is 10.1 Å². The SMILES string of the molecule is O=C1CC(c2c[nH]c3cc(F)cc(OCc4ccccc4)c23)C(=O)N1. The number of hydrogen-bond donors (Lipinski definition) is 2. The van der Waals surface area contributed by atoms with E-state index in [4.69, 9.17) is 4.74 Å². The first-order chi connectivity index (χ1) is 12.1. The van der Waals surface area contributed by atoms with Crippen molar-refractivity contribution in [2.45, 2.75) is 18.9 Å². The number of nitrogens with one attached hydrogen (secondary N) is 2. The molecule has 0 aliphatic carbocycles. The molecule has 1 unspecified atom stereocenters. The van der Waals surface area contributed by atoms with E-state index in [0.29, 0.717) is 22.2 Å². The molecule has 126 valence electrons. The van der Waals surface area contributed by atoms with Crippen molar-refractivity contribution in [3.63, 3.8) is 0 Å². The van der Waals surface area contributed by atoms with Crippen LogP contribution in [0.3, 0.4) is 0 Å². The number of aromatic nitrogens is 1. The van der Waals surface area contributed by atoms with Crippen molar-refractivity contribution in [1.29, 1.82) is 0 Å². The molecule has 4 rings (SSSR count). The number of aromatic amines is 1. The second-order valence-electron chi connectivity index (χ2n) is 6.01. The summed E-state index contributed by atoms with van der Waals surface area (Å²) in [5, 5.41) is 2.93. The fraction of sp³-hybridized carbons (Fsp3) is 0.158. The van der Waals surface area contributed by atoms with Gasteiger partial charge in [0.2, 0.25) is 11.8 Å². The molecule has 2 N–H and O–H groups in total. The van der Waals surface area contributed by atoms with Gasteiger partial charge < -0.3 is 9.72 Å². The Bertz CT molecular complexity index is 965.